The van der Waals surface area contributed by atoms with Crippen molar-refractivity contribution in [3.05, 3.63) is 60.7 Å². The highest BCUT2D eigenvalue weighted by molar-refractivity contribution is 5.78. The van der Waals surface area contributed by atoms with E-state index in [2.05, 4.69) is 66.0 Å². The number of benzene rings is 1. The van der Waals surface area contributed by atoms with Gasteiger partial charge in [-0.05, 0) is 42.9 Å². The van der Waals surface area contributed by atoms with Gasteiger partial charge in [-0.3, -0.25) is 0 Å². The average molecular weight is 416 g/mol. The number of rotatable bonds is 6. The standard InChI is InChI=1S/C23H25N7O/c1-29-11-13-30(14-12-29)19-4-2-18(3-5-19)21-27-22-20(25-9-10-26-22)23(28-21)31-15-7-17-6-8-24-16-17/h2-6,8-10,16,24H,7,11-15H2,1H3. The highest BCUT2D eigenvalue weighted by Gasteiger charge is 2.16. The molecule has 1 aliphatic rings. The first kappa shape index (κ1) is 19.4. The molecule has 0 atom stereocenters. The van der Waals surface area contributed by atoms with Crippen molar-refractivity contribution in [1.82, 2.24) is 29.8 Å². The summed E-state index contributed by atoms with van der Waals surface area (Å²) in [6.07, 6.45) is 7.93. The molecule has 1 aromatic carbocycles. The predicted molar refractivity (Wildman–Crippen MR) is 120 cm³/mol. The lowest BCUT2D eigenvalue weighted by molar-refractivity contribution is 0.313. The molecule has 1 saturated heterocycles. The van der Waals surface area contributed by atoms with Gasteiger partial charge in [0.25, 0.3) is 0 Å². The number of aromatic nitrogens is 5. The number of nitrogens with zero attached hydrogens (tertiary/aromatic N) is 6. The third-order valence-electron chi connectivity index (χ3n) is 5.59. The predicted octanol–water partition coefficient (Wildman–Crippen LogP) is 2.79. The molecule has 1 fully saturated rings. The zero-order valence-corrected chi connectivity index (χ0v) is 17.5. The van der Waals surface area contributed by atoms with Gasteiger partial charge in [0.05, 0.1) is 6.61 Å². The van der Waals surface area contributed by atoms with Crippen LogP contribution in [-0.4, -0.2) is 69.7 Å². The monoisotopic (exact) mass is 415 g/mol. The maximum absolute atomic E-state index is 6.00. The molecular weight excluding hydrogens is 390 g/mol. The number of aromatic amines is 1. The van der Waals surface area contributed by atoms with Gasteiger partial charge in [-0.25, -0.2) is 15.0 Å². The number of H-pyrrole nitrogens is 1. The molecule has 5 rings (SSSR count). The van der Waals surface area contributed by atoms with E-state index in [1.165, 1.54) is 11.3 Å². The topological polar surface area (TPSA) is 83.1 Å². The molecule has 1 N–H and O–H groups in total. The minimum Gasteiger partial charge on any atom is -0.476 e. The molecule has 3 aromatic heterocycles. The zero-order valence-electron chi connectivity index (χ0n) is 17.5. The van der Waals surface area contributed by atoms with Gasteiger partial charge < -0.3 is 19.5 Å². The smallest absolute Gasteiger partial charge is 0.246 e. The summed E-state index contributed by atoms with van der Waals surface area (Å²) in [4.78, 5) is 25.9. The summed E-state index contributed by atoms with van der Waals surface area (Å²) in [6, 6.07) is 10.4. The van der Waals surface area contributed by atoms with Crippen LogP contribution in [0, 0.1) is 0 Å². The summed E-state index contributed by atoms with van der Waals surface area (Å²) >= 11 is 0. The molecule has 4 heterocycles. The molecule has 31 heavy (non-hydrogen) atoms. The summed E-state index contributed by atoms with van der Waals surface area (Å²) in [5.74, 6) is 1.06. The van der Waals surface area contributed by atoms with Crippen molar-refractivity contribution in [1.29, 1.82) is 0 Å². The second kappa shape index (κ2) is 8.69. The lowest BCUT2D eigenvalue weighted by atomic mass is 10.1. The van der Waals surface area contributed by atoms with Crippen LogP contribution < -0.4 is 9.64 Å². The number of piperazine rings is 1. The van der Waals surface area contributed by atoms with Crippen LogP contribution in [0.15, 0.2) is 55.1 Å². The van der Waals surface area contributed by atoms with Crippen LogP contribution in [0.25, 0.3) is 22.6 Å². The van der Waals surface area contributed by atoms with Crippen LogP contribution in [0.1, 0.15) is 5.56 Å². The van der Waals surface area contributed by atoms with Crippen LogP contribution in [0.5, 0.6) is 5.88 Å². The Morgan fingerprint density at radius 2 is 1.77 bits per heavy atom. The van der Waals surface area contributed by atoms with Crippen LogP contribution >= 0.6 is 0 Å². The Kier molecular flexibility index (Phi) is 5.45. The van der Waals surface area contributed by atoms with Crippen molar-refractivity contribution in [3.63, 3.8) is 0 Å². The second-order valence-corrected chi connectivity index (χ2v) is 7.74. The van der Waals surface area contributed by atoms with Gasteiger partial charge in [0.1, 0.15) is 0 Å². The molecular formula is C23H25N7O. The van der Waals surface area contributed by atoms with Gasteiger partial charge in [-0.2, -0.15) is 4.98 Å². The minimum atomic E-state index is 0.465. The molecule has 0 unspecified atom stereocenters. The van der Waals surface area contributed by atoms with E-state index in [0.717, 1.165) is 38.2 Å². The third kappa shape index (κ3) is 4.34. The fraction of sp³-hybridized carbons (Fsp3) is 0.304. The Morgan fingerprint density at radius 3 is 2.55 bits per heavy atom. The Morgan fingerprint density at radius 1 is 0.968 bits per heavy atom. The number of hydrogen-bond acceptors (Lipinski definition) is 7. The van der Waals surface area contributed by atoms with E-state index in [-0.39, 0.29) is 0 Å². The van der Waals surface area contributed by atoms with Gasteiger partial charge in [-0.1, -0.05) is 0 Å². The minimum absolute atomic E-state index is 0.465. The van der Waals surface area contributed by atoms with Crippen LogP contribution in [0.3, 0.4) is 0 Å². The molecule has 8 nitrogen and oxygen atoms in total. The SMILES string of the molecule is CN1CCN(c2ccc(-c3nc(OCCc4cc[nH]c4)c4nccnc4n3)cc2)CC1. The van der Waals surface area contributed by atoms with Crippen molar-refractivity contribution in [3.8, 4) is 17.3 Å². The Hall–Kier alpha value is -3.52. The van der Waals surface area contributed by atoms with Crippen molar-refractivity contribution in [2.24, 2.45) is 0 Å². The first-order valence-electron chi connectivity index (χ1n) is 10.5. The van der Waals surface area contributed by atoms with Crippen molar-refractivity contribution in [2.75, 3.05) is 44.7 Å². The van der Waals surface area contributed by atoms with E-state index in [0.29, 0.717) is 29.5 Å². The Balaban J connectivity index is 1.39. The van der Waals surface area contributed by atoms with Crippen molar-refractivity contribution in [2.45, 2.75) is 6.42 Å². The van der Waals surface area contributed by atoms with Crippen molar-refractivity contribution < 1.29 is 4.74 Å². The molecule has 0 amide bonds. The van der Waals surface area contributed by atoms with E-state index >= 15 is 0 Å². The van der Waals surface area contributed by atoms with E-state index < -0.39 is 0 Å². The van der Waals surface area contributed by atoms with E-state index in [1.807, 2.05) is 18.5 Å². The summed E-state index contributed by atoms with van der Waals surface area (Å²) in [5.41, 5.74) is 4.45. The zero-order chi connectivity index (χ0) is 21.0. The largest absolute Gasteiger partial charge is 0.476 e. The van der Waals surface area contributed by atoms with Crippen LogP contribution in [-0.2, 0) is 6.42 Å². The number of ether oxygens (including phenoxy) is 1. The highest BCUT2D eigenvalue weighted by Crippen LogP contribution is 2.26. The first-order valence-corrected chi connectivity index (χ1v) is 10.5. The van der Waals surface area contributed by atoms with Crippen LogP contribution in [0.4, 0.5) is 5.69 Å². The summed E-state index contributed by atoms with van der Waals surface area (Å²) in [5, 5.41) is 0. The maximum atomic E-state index is 6.00. The van der Waals surface area contributed by atoms with Gasteiger partial charge in [-0.15, -0.1) is 0 Å². The first-order chi connectivity index (χ1) is 15.3. The fourth-order valence-electron chi connectivity index (χ4n) is 3.73. The van der Waals surface area contributed by atoms with Gasteiger partial charge in [0.2, 0.25) is 5.88 Å². The second-order valence-electron chi connectivity index (χ2n) is 7.74. The van der Waals surface area contributed by atoms with Crippen molar-refractivity contribution >= 4 is 16.9 Å². The lowest BCUT2D eigenvalue weighted by Gasteiger charge is -2.34. The van der Waals surface area contributed by atoms with Gasteiger partial charge in [0.15, 0.2) is 17.0 Å². The quantitative estimate of drug-likeness (QED) is 0.518. The summed E-state index contributed by atoms with van der Waals surface area (Å²) in [7, 11) is 2.17. The number of likely N-dealkylation sites (N-methyl/N-ethyl adjacent to an activating group) is 1. The molecule has 1 aliphatic heterocycles. The normalized spacial score (nSPS) is 14.8. The lowest BCUT2D eigenvalue weighted by Crippen LogP contribution is -2.44. The molecule has 0 spiro atoms. The molecule has 0 aliphatic carbocycles. The summed E-state index contributed by atoms with van der Waals surface area (Å²) in [6.45, 7) is 4.74. The summed E-state index contributed by atoms with van der Waals surface area (Å²) < 4.78 is 6.00. The molecule has 0 bridgehead atoms. The third-order valence-corrected chi connectivity index (χ3v) is 5.59. The Bertz CT molecular complexity index is 1140. The maximum Gasteiger partial charge on any atom is 0.246 e. The molecule has 0 saturated carbocycles. The number of nitrogens with one attached hydrogen (secondary N) is 1. The van der Waals surface area contributed by atoms with E-state index in [1.54, 1.807) is 12.4 Å². The molecule has 4 aromatic rings. The highest BCUT2D eigenvalue weighted by atomic mass is 16.5. The van der Waals surface area contributed by atoms with Gasteiger partial charge in [0, 0.05) is 68.6 Å². The number of fused-ring (bicyclic) bond motifs is 1. The van der Waals surface area contributed by atoms with Gasteiger partial charge >= 0.3 is 0 Å². The average Bonchev–Trinajstić information content (AvgIpc) is 3.33. The number of anilines is 1. The molecule has 0 radical (unpaired) electrons. The Labute approximate surface area is 180 Å². The molecule has 8 heteroatoms. The molecule has 158 valence electrons. The van der Waals surface area contributed by atoms with E-state index in [4.69, 9.17) is 4.74 Å². The van der Waals surface area contributed by atoms with E-state index in [9.17, 15) is 0 Å². The number of hydrogen-bond donors (Lipinski definition) is 1. The fourth-order valence-corrected chi connectivity index (χ4v) is 3.73. The van der Waals surface area contributed by atoms with Crippen LogP contribution in [0.2, 0.25) is 0 Å².